The largest absolute Gasteiger partial charge is 0.466 e. The Morgan fingerprint density at radius 3 is 2.29 bits per heavy atom. The lowest BCUT2D eigenvalue weighted by Gasteiger charge is -2.32. The van der Waals surface area contributed by atoms with Crippen LogP contribution in [0.15, 0.2) is 30.3 Å². The van der Waals surface area contributed by atoms with E-state index in [1.807, 2.05) is 18.2 Å². The van der Waals surface area contributed by atoms with Crippen molar-refractivity contribution in [3.05, 3.63) is 30.3 Å². The monoisotopic (exact) mass is 304 g/mol. The number of benzene rings is 1. The molecule has 1 aromatic carbocycles. The molecule has 0 amide bonds. The summed E-state index contributed by atoms with van der Waals surface area (Å²) in [5.74, 6) is -0.00286. The van der Waals surface area contributed by atoms with Gasteiger partial charge in [-0.1, -0.05) is 48.6 Å². The Hall–Kier alpha value is -1.42. The van der Waals surface area contributed by atoms with Gasteiger partial charge in [0.25, 0.3) is 0 Å². The van der Waals surface area contributed by atoms with E-state index in [4.69, 9.17) is 4.74 Å². The normalized spacial score (nSPS) is 16.3. The van der Waals surface area contributed by atoms with Crippen molar-refractivity contribution in [1.29, 1.82) is 0 Å². The molecule has 0 heterocycles. The molecule has 0 aromatic heterocycles. The molecular weight excluding hydrogens is 280 g/mol. The average Bonchev–Trinajstić information content (AvgIpc) is 3.28. The molecule has 3 nitrogen and oxygen atoms in total. The number of esters is 1. The molecule has 0 atom stereocenters. The summed E-state index contributed by atoms with van der Waals surface area (Å²) in [7, 11) is -1.85. The van der Waals surface area contributed by atoms with Crippen molar-refractivity contribution in [3.8, 4) is 0 Å². The first-order valence-corrected chi connectivity index (χ1v) is 10.7. The van der Waals surface area contributed by atoms with E-state index in [1.165, 1.54) is 5.19 Å². The summed E-state index contributed by atoms with van der Waals surface area (Å²) in [6.45, 7) is 6.71. The van der Waals surface area contributed by atoms with Gasteiger partial charge < -0.3 is 4.74 Å². The summed E-state index contributed by atoms with van der Waals surface area (Å²) in [6.07, 6.45) is 2.49. The van der Waals surface area contributed by atoms with Crippen LogP contribution in [0.1, 0.15) is 32.6 Å². The molecule has 0 bridgehead atoms. The van der Waals surface area contributed by atoms with Crippen molar-refractivity contribution in [3.63, 3.8) is 0 Å². The van der Waals surface area contributed by atoms with Gasteiger partial charge in [0.2, 0.25) is 0 Å². The molecule has 1 aliphatic carbocycles. The molecule has 2 rings (SSSR count). The number of Topliss-reactive ketones (excluding diaryl/α,β-unsaturated/α-hetero) is 1. The van der Waals surface area contributed by atoms with E-state index in [9.17, 15) is 9.59 Å². The highest BCUT2D eigenvalue weighted by molar-refractivity contribution is 6.95. The summed E-state index contributed by atoms with van der Waals surface area (Å²) >= 11 is 0. The number of carbonyl (C=O) groups excluding carboxylic acids is 2. The van der Waals surface area contributed by atoms with Crippen molar-refractivity contribution in [2.75, 3.05) is 6.61 Å². The second-order valence-electron chi connectivity index (χ2n) is 6.30. The van der Waals surface area contributed by atoms with Crippen LogP contribution >= 0.6 is 0 Å². The molecule has 0 spiro atoms. The molecule has 0 aliphatic heterocycles. The molecule has 0 radical (unpaired) electrons. The van der Waals surface area contributed by atoms with E-state index in [0.717, 1.165) is 12.8 Å². The Bertz CT molecular complexity index is 518. The van der Waals surface area contributed by atoms with Crippen LogP contribution in [-0.4, -0.2) is 26.4 Å². The number of ether oxygens (including phenoxy) is 1. The van der Waals surface area contributed by atoms with Crippen molar-refractivity contribution in [2.45, 2.75) is 50.7 Å². The van der Waals surface area contributed by atoms with Crippen LogP contribution in [0, 0.1) is 0 Å². The van der Waals surface area contributed by atoms with E-state index in [0.29, 0.717) is 13.0 Å². The van der Waals surface area contributed by atoms with Crippen molar-refractivity contribution < 1.29 is 14.3 Å². The number of hydrogen-bond donors (Lipinski definition) is 0. The molecule has 1 aromatic rings. The Morgan fingerprint density at radius 1 is 1.14 bits per heavy atom. The zero-order chi connectivity index (χ0) is 15.5. The lowest BCUT2D eigenvalue weighted by Crippen LogP contribution is -2.50. The molecule has 114 valence electrons. The van der Waals surface area contributed by atoms with Gasteiger partial charge in [-0.25, -0.2) is 0 Å². The fourth-order valence-corrected chi connectivity index (χ4v) is 6.97. The Balaban J connectivity index is 2.08. The lowest BCUT2D eigenvalue weighted by molar-refractivity contribution is -0.144. The van der Waals surface area contributed by atoms with Crippen molar-refractivity contribution in [2.24, 2.45) is 0 Å². The number of rotatable bonds is 7. The van der Waals surface area contributed by atoms with E-state index in [-0.39, 0.29) is 23.2 Å². The van der Waals surface area contributed by atoms with Crippen LogP contribution in [0.25, 0.3) is 0 Å². The fourth-order valence-electron chi connectivity index (χ4n) is 3.20. The molecule has 1 aliphatic rings. The zero-order valence-electron chi connectivity index (χ0n) is 13.1. The predicted octanol–water partition coefficient (Wildman–Crippen LogP) is 3.05. The smallest absolute Gasteiger partial charge is 0.306 e. The maximum absolute atomic E-state index is 12.7. The fraction of sp³-hybridized carbons (Fsp3) is 0.529. The second kappa shape index (κ2) is 6.14. The van der Waals surface area contributed by atoms with Gasteiger partial charge in [0.1, 0.15) is 5.78 Å². The minimum absolute atomic E-state index is 0.166. The van der Waals surface area contributed by atoms with Gasteiger partial charge in [-0.15, -0.1) is 0 Å². The Kier molecular flexibility index (Phi) is 4.66. The molecule has 4 heteroatoms. The van der Waals surface area contributed by atoms with Crippen LogP contribution in [0.3, 0.4) is 0 Å². The highest BCUT2D eigenvalue weighted by Crippen LogP contribution is 2.61. The standard InChI is InChI=1S/C17H24O3Si/c1-4-20-16(19)11-10-15(18)17(12-13-17)21(2,3)14-8-6-5-7-9-14/h5-9H,4,10-13H2,1-3H3. The second-order valence-corrected chi connectivity index (χ2v) is 11.1. The van der Waals surface area contributed by atoms with Gasteiger partial charge in [-0.3, -0.25) is 9.59 Å². The quantitative estimate of drug-likeness (QED) is 0.574. The first kappa shape index (κ1) is 16.0. The summed E-state index contributed by atoms with van der Waals surface area (Å²) in [6, 6.07) is 10.4. The lowest BCUT2D eigenvalue weighted by atomic mass is 10.1. The average molecular weight is 304 g/mol. The molecular formula is C17H24O3Si. The first-order valence-electron chi connectivity index (χ1n) is 7.68. The van der Waals surface area contributed by atoms with Crippen molar-refractivity contribution in [1.82, 2.24) is 0 Å². The molecule has 0 saturated heterocycles. The summed E-state index contributed by atoms with van der Waals surface area (Å²) in [5, 5.41) is 1.16. The number of hydrogen-bond acceptors (Lipinski definition) is 3. The van der Waals surface area contributed by atoms with Crippen LogP contribution in [-0.2, 0) is 14.3 Å². The minimum Gasteiger partial charge on any atom is -0.466 e. The van der Waals surface area contributed by atoms with Crippen LogP contribution in [0.2, 0.25) is 18.1 Å². The molecule has 1 saturated carbocycles. The van der Waals surface area contributed by atoms with Crippen LogP contribution in [0.5, 0.6) is 0 Å². The van der Waals surface area contributed by atoms with Gasteiger partial charge in [-0.05, 0) is 19.8 Å². The van der Waals surface area contributed by atoms with E-state index < -0.39 is 8.07 Å². The van der Waals surface area contributed by atoms with Gasteiger partial charge in [0.15, 0.2) is 0 Å². The molecule has 0 N–H and O–H groups in total. The first-order chi connectivity index (χ1) is 9.94. The summed E-state index contributed by atoms with van der Waals surface area (Å²) in [4.78, 5) is 24.1. The molecule has 1 fully saturated rings. The third-order valence-corrected chi connectivity index (χ3v) is 9.79. The maximum Gasteiger partial charge on any atom is 0.306 e. The predicted molar refractivity (Wildman–Crippen MR) is 86.4 cm³/mol. The third-order valence-electron chi connectivity index (χ3n) is 4.84. The Morgan fingerprint density at radius 2 is 1.76 bits per heavy atom. The van der Waals surface area contributed by atoms with Gasteiger partial charge in [-0.2, -0.15) is 0 Å². The zero-order valence-corrected chi connectivity index (χ0v) is 14.1. The molecule has 21 heavy (non-hydrogen) atoms. The highest BCUT2D eigenvalue weighted by atomic mass is 28.3. The van der Waals surface area contributed by atoms with Crippen molar-refractivity contribution >= 4 is 25.0 Å². The van der Waals surface area contributed by atoms with Gasteiger partial charge in [0.05, 0.1) is 21.1 Å². The van der Waals surface area contributed by atoms with E-state index in [1.54, 1.807) is 6.92 Å². The number of carbonyl (C=O) groups is 2. The van der Waals surface area contributed by atoms with E-state index >= 15 is 0 Å². The molecule has 0 unspecified atom stereocenters. The number of ketones is 1. The van der Waals surface area contributed by atoms with Gasteiger partial charge >= 0.3 is 5.97 Å². The van der Waals surface area contributed by atoms with Crippen LogP contribution < -0.4 is 5.19 Å². The maximum atomic E-state index is 12.7. The topological polar surface area (TPSA) is 43.4 Å². The summed E-state index contributed by atoms with van der Waals surface area (Å²) < 4.78 is 4.92. The minimum atomic E-state index is -1.85. The van der Waals surface area contributed by atoms with E-state index in [2.05, 4.69) is 25.2 Å². The summed E-state index contributed by atoms with van der Waals surface area (Å²) in [5.41, 5.74) is 0. The SMILES string of the molecule is CCOC(=O)CCC(=O)C1([Si](C)(C)c2ccccc2)CC1. The highest BCUT2D eigenvalue weighted by Gasteiger charge is 2.60. The third kappa shape index (κ3) is 3.10. The van der Waals surface area contributed by atoms with Gasteiger partial charge in [0, 0.05) is 11.5 Å². The van der Waals surface area contributed by atoms with Crippen LogP contribution in [0.4, 0.5) is 0 Å². The Labute approximate surface area is 127 Å².